The zero-order valence-electron chi connectivity index (χ0n) is 17.2. The second-order valence-electron chi connectivity index (χ2n) is 7.60. The molecule has 0 aromatic rings. The van der Waals surface area contributed by atoms with Crippen LogP contribution in [0.25, 0.3) is 0 Å². The maximum atomic E-state index is 12.6. The molecule has 1 fully saturated rings. The third kappa shape index (κ3) is 7.59. The highest BCUT2D eigenvalue weighted by molar-refractivity contribution is 5.95. The predicted molar refractivity (Wildman–Crippen MR) is 103 cm³/mol. The predicted octanol–water partition coefficient (Wildman–Crippen LogP) is -2.21. The van der Waals surface area contributed by atoms with E-state index in [1.165, 1.54) is 6.92 Å². The molecule has 1 saturated heterocycles. The van der Waals surface area contributed by atoms with Crippen molar-refractivity contribution in [3.8, 4) is 0 Å². The number of aliphatic hydroxyl groups is 1. The number of aliphatic hydroxyl groups excluding tert-OH is 1. The number of carbonyl (C=O) groups excluding carboxylic acids is 3. The van der Waals surface area contributed by atoms with Gasteiger partial charge in [-0.1, -0.05) is 13.8 Å². The van der Waals surface area contributed by atoms with Crippen LogP contribution in [0.15, 0.2) is 0 Å². The molecule has 0 aliphatic carbocycles. The van der Waals surface area contributed by atoms with Crippen LogP contribution in [0.4, 0.5) is 0 Å². The number of rotatable bonds is 11. The number of hydrogen-bond donors (Lipinski definition) is 7. The number of nitrogens with one attached hydrogen (secondary N) is 4. The molecule has 5 unspecified atom stereocenters. The summed E-state index contributed by atoms with van der Waals surface area (Å²) >= 11 is 0. The van der Waals surface area contributed by atoms with E-state index in [0.717, 1.165) is 6.42 Å². The van der Waals surface area contributed by atoms with E-state index in [-0.39, 0.29) is 0 Å². The zero-order chi connectivity index (χ0) is 23.0. The molecular formula is C18H30N4O8. The Hall–Kier alpha value is -2.73. The number of carboxylic acids is 2. The van der Waals surface area contributed by atoms with Crippen LogP contribution in [0.3, 0.4) is 0 Å². The van der Waals surface area contributed by atoms with Gasteiger partial charge >= 0.3 is 11.9 Å². The Morgan fingerprint density at radius 1 is 0.967 bits per heavy atom. The Morgan fingerprint density at radius 2 is 1.60 bits per heavy atom. The molecule has 0 aromatic heterocycles. The Kier molecular flexibility index (Phi) is 9.66. The lowest BCUT2D eigenvalue weighted by Gasteiger charge is -2.26. The van der Waals surface area contributed by atoms with Crippen molar-refractivity contribution in [3.05, 3.63) is 0 Å². The molecule has 0 bridgehead atoms. The van der Waals surface area contributed by atoms with Crippen molar-refractivity contribution in [3.63, 3.8) is 0 Å². The van der Waals surface area contributed by atoms with Gasteiger partial charge < -0.3 is 36.6 Å². The fourth-order valence-corrected chi connectivity index (χ4v) is 2.98. The van der Waals surface area contributed by atoms with Crippen LogP contribution in [0.2, 0.25) is 0 Å². The SMILES string of the molecule is CC(C)C(NC(=O)C(CC(=O)O)NC(=O)C(NC(=O)C1CCCN1)C(C)O)C(=O)O. The smallest absolute Gasteiger partial charge is 0.326 e. The largest absolute Gasteiger partial charge is 0.481 e. The van der Waals surface area contributed by atoms with Crippen LogP contribution < -0.4 is 21.3 Å². The third-order valence-electron chi connectivity index (χ3n) is 4.68. The van der Waals surface area contributed by atoms with E-state index in [2.05, 4.69) is 21.3 Å². The van der Waals surface area contributed by atoms with E-state index in [9.17, 15) is 34.2 Å². The number of carboxylic acid groups (broad SMARTS) is 2. The molecule has 0 saturated carbocycles. The number of aliphatic carboxylic acids is 2. The van der Waals surface area contributed by atoms with Gasteiger partial charge in [0.05, 0.1) is 18.6 Å². The van der Waals surface area contributed by atoms with Crippen LogP contribution in [0.1, 0.15) is 40.0 Å². The normalized spacial score (nSPS) is 20.0. The van der Waals surface area contributed by atoms with E-state index in [1.54, 1.807) is 13.8 Å². The fraction of sp³-hybridized carbons (Fsp3) is 0.722. The lowest BCUT2D eigenvalue weighted by Crippen LogP contribution is -2.60. The highest BCUT2D eigenvalue weighted by Crippen LogP contribution is 2.07. The van der Waals surface area contributed by atoms with Gasteiger partial charge in [-0.3, -0.25) is 19.2 Å². The van der Waals surface area contributed by atoms with Crippen LogP contribution in [0.5, 0.6) is 0 Å². The summed E-state index contributed by atoms with van der Waals surface area (Å²) in [5.41, 5.74) is 0. The van der Waals surface area contributed by atoms with E-state index in [1.807, 2.05) is 0 Å². The van der Waals surface area contributed by atoms with Crippen LogP contribution in [0, 0.1) is 5.92 Å². The van der Waals surface area contributed by atoms with Crippen molar-refractivity contribution in [2.75, 3.05) is 6.54 Å². The van der Waals surface area contributed by atoms with Crippen molar-refractivity contribution in [2.24, 2.45) is 5.92 Å². The topological polar surface area (TPSA) is 194 Å². The van der Waals surface area contributed by atoms with Crippen LogP contribution in [-0.2, 0) is 24.0 Å². The minimum atomic E-state index is -1.60. The standard InChI is InChI=1S/C18H30N4O8/c1-8(2)13(18(29)30)21-16(27)11(7-12(24)25)20-17(28)14(9(3)23)22-15(26)10-5-4-6-19-10/h8-11,13-14,19,23H,4-7H2,1-3H3,(H,20,28)(H,21,27)(H,22,26)(H,24,25)(H,29,30). The van der Waals surface area contributed by atoms with Gasteiger partial charge in [-0.05, 0) is 32.2 Å². The maximum Gasteiger partial charge on any atom is 0.326 e. The molecule has 0 radical (unpaired) electrons. The van der Waals surface area contributed by atoms with E-state index in [0.29, 0.717) is 13.0 Å². The van der Waals surface area contributed by atoms with Gasteiger partial charge in [-0.2, -0.15) is 0 Å². The van der Waals surface area contributed by atoms with Gasteiger partial charge in [-0.15, -0.1) is 0 Å². The zero-order valence-corrected chi connectivity index (χ0v) is 17.2. The molecule has 1 aliphatic rings. The number of hydrogen-bond acceptors (Lipinski definition) is 7. The quantitative estimate of drug-likeness (QED) is 0.190. The molecule has 1 aliphatic heterocycles. The average Bonchev–Trinajstić information content (AvgIpc) is 3.16. The van der Waals surface area contributed by atoms with Gasteiger partial charge in [0.15, 0.2) is 0 Å². The summed E-state index contributed by atoms with van der Waals surface area (Å²) in [4.78, 5) is 59.7. The first-order valence-corrected chi connectivity index (χ1v) is 9.71. The van der Waals surface area contributed by atoms with Crippen molar-refractivity contribution in [2.45, 2.75) is 70.3 Å². The average molecular weight is 430 g/mol. The van der Waals surface area contributed by atoms with E-state index < -0.39 is 72.3 Å². The highest BCUT2D eigenvalue weighted by atomic mass is 16.4. The maximum absolute atomic E-state index is 12.6. The van der Waals surface area contributed by atoms with Gasteiger partial charge in [-0.25, -0.2) is 4.79 Å². The third-order valence-corrected chi connectivity index (χ3v) is 4.68. The number of amides is 3. The second-order valence-corrected chi connectivity index (χ2v) is 7.60. The lowest BCUT2D eigenvalue weighted by atomic mass is 10.0. The summed E-state index contributed by atoms with van der Waals surface area (Å²) in [6.45, 7) is 5.02. The van der Waals surface area contributed by atoms with Crippen molar-refractivity contribution < 1.29 is 39.3 Å². The molecule has 170 valence electrons. The van der Waals surface area contributed by atoms with E-state index >= 15 is 0 Å². The minimum Gasteiger partial charge on any atom is -0.481 e. The first-order valence-electron chi connectivity index (χ1n) is 9.71. The number of carbonyl (C=O) groups is 5. The van der Waals surface area contributed by atoms with Crippen LogP contribution >= 0.6 is 0 Å². The van der Waals surface area contributed by atoms with E-state index in [4.69, 9.17) is 5.11 Å². The monoisotopic (exact) mass is 430 g/mol. The summed E-state index contributed by atoms with van der Waals surface area (Å²) in [6, 6.07) is -4.83. The molecule has 5 atom stereocenters. The molecule has 0 spiro atoms. The van der Waals surface area contributed by atoms with Gasteiger partial charge in [0.25, 0.3) is 0 Å². The van der Waals surface area contributed by atoms with Crippen molar-refractivity contribution in [1.29, 1.82) is 0 Å². The molecule has 7 N–H and O–H groups in total. The Labute approximate surface area is 173 Å². The van der Waals surface area contributed by atoms with Crippen molar-refractivity contribution >= 4 is 29.7 Å². The molecule has 12 nitrogen and oxygen atoms in total. The summed E-state index contributed by atoms with van der Waals surface area (Å²) in [7, 11) is 0. The first kappa shape index (κ1) is 25.3. The second kappa shape index (κ2) is 11.5. The van der Waals surface area contributed by atoms with Gasteiger partial charge in [0, 0.05) is 0 Å². The molecule has 1 rings (SSSR count). The highest BCUT2D eigenvalue weighted by Gasteiger charge is 2.34. The summed E-state index contributed by atoms with van der Waals surface area (Å²) in [5.74, 6) is -5.67. The minimum absolute atomic E-state index is 0.490. The lowest BCUT2D eigenvalue weighted by molar-refractivity contribution is -0.144. The first-order chi connectivity index (χ1) is 13.9. The summed E-state index contributed by atoms with van der Waals surface area (Å²) in [5, 5.41) is 37.9. The summed E-state index contributed by atoms with van der Waals surface area (Å²) in [6.07, 6.45) is -0.792. The summed E-state index contributed by atoms with van der Waals surface area (Å²) < 4.78 is 0. The Balaban J connectivity index is 2.90. The Bertz CT molecular complexity index is 661. The molecule has 12 heteroatoms. The molecule has 30 heavy (non-hydrogen) atoms. The van der Waals surface area contributed by atoms with Gasteiger partial charge in [0.2, 0.25) is 17.7 Å². The van der Waals surface area contributed by atoms with Gasteiger partial charge in [0.1, 0.15) is 18.1 Å². The van der Waals surface area contributed by atoms with Crippen molar-refractivity contribution in [1.82, 2.24) is 21.3 Å². The van der Waals surface area contributed by atoms with Crippen LogP contribution in [-0.4, -0.2) is 81.8 Å². The molecule has 0 aromatic carbocycles. The fourth-order valence-electron chi connectivity index (χ4n) is 2.98. The molecule has 1 heterocycles. The molecule has 3 amide bonds. The molecular weight excluding hydrogens is 400 g/mol. The Morgan fingerprint density at radius 3 is 2.03 bits per heavy atom.